The number of carbonyl (C=O) groups excluding carboxylic acids is 2. The molecule has 0 bridgehead atoms. The van der Waals surface area contributed by atoms with Crippen LogP contribution >= 0.6 is 0 Å². The maximum absolute atomic E-state index is 11.7. The zero-order valence-electron chi connectivity index (χ0n) is 11.8. The third kappa shape index (κ3) is 6.15. The monoisotopic (exact) mass is 255 g/mol. The molecule has 1 N–H and O–H groups in total. The van der Waals surface area contributed by atoms with Crippen molar-refractivity contribution in [2.45, 2.75) is 53.2 Å². The van der Waals surface area contributed by atoms with Gasteiger partial charge in [0.2, 0.25) is 0 Å². The summed E-state index contributed by atoms with van der Waals surface area (Å²) in [6.07, 6.45) is 0.0925. The van der Waals surface area contributed by atoms with Gasteiger partial charge in [0.15, 0.2) is 0 Å². The van der Waals surface area contributed by atoms with Crippen molar-refractivity contribution in [3.05, 3.63) is 5.53 Å². The van der Waals surface area contributed by atoms with Gasteiger partial charge < -0.3 is 15.6 Å². The molecule has 0 radical (unpaired) electrons. The van der Waals surface area contributed by atoms with Gasteiger partial charge in [-0.1, -0.05) is 20.8 Å². The van der Waals surface area contributed by atoms with Crippen molar-refractivity contribution < 1.29 is 19.1 Å². The number of amides is 1. The summed E-state index contributed by atoms with van der Waals surface area (Å²) in [5, 5.41) is 2.49. The lowest BCUT2D eigenvalue weighted by atomic mass is 9.84. The van der Waals surface area contributed by atoms with Crippen LogP contribution in [0.2, 0.25) is 0 Å². The fourth-order valence-corrected chi connectivity index (χ4v) is 1.27. The van der Waals surface area contributed by atoms with E-state index in [0.29, 0.717) is 0 Å². The summed E-state index contributed by atoms with van der Waals surface area (Å²) in [5.74, 6) is -0.490. The number of hydrogen-bond donors (Lipinski definition) is 1. The fourth-order valence-electron chi connectivity index (χ4n) is 1.27. The highest BCUT2D eigenvalue weighted by Crippen LogP contribution is 2.20. The van der Waals surface area contributed by atoms with E-state index in [1.807, 2.05) is 0 Å². The molecule has 0 aromatic rings. The first-order chi connectivity index (χ1) is 7.97. The van der Waals surface area contributed by atoms with E-state index in [2.05, 4.69) is 10.1 Å². The summed E-state index contributed by atoms with van der Waals surface area (Å²) in [7, 11) is 0. The smallest absolute Gasteiger partial charge is 0.408 e. The first-order valence-corrected chi connectivity index (χ1v) is 5.68. The van der Waals surface area contributed by atoms with Crippen molar-refractivity contribution >= 4 is 18.1 Å². The number of carbonyl (C=O) groups is 2. The minimum Gasteiger partial charge on any atom is -0.444 e. The summed E-state index contributed by atoms with van der Waals surface area (Å²) in [6.45, 7) is 10.6. The highest BCUT2D eigenvalue weighted by molar-refractivity contribution is 6.28. The van der Waals surface area contributed by atoms with Crippen molar-refractivity contribution in [3.8, 4) is 0 Å². The van der Waals surface area contributed by atoms with Gasteiger partial charge >= 0.3 is 12.3 Å². The van der Waals surface area contributed by atoms with Gasteiger partial charge in [-0.3, -0.25) is 4.79 Å². The van der Waals surface area contributed by atoms with E-state index in [1.165, 1.54) is 0 Å². The molecule has 0 rings (SSSR count). The lowest BCUT2D eigenvalue weighted by Gasteiger charge is -2.29. The van der Waals surface area contributed by atoms with Crippen molar-refractivity contribution in [1.82, 2.24) is 5.32 Å². The molecule has 0 aliphatic heterocycles. The molecule has 0 saturated carbocycles. The SMILES string of the molecule is CC(C)(C)OC(=O)N[C@H](C(=O)C=[N+]=[N-])C(C)(C)C. The van der Waals surface area contributed by atoms with E-state index in [1.54, 1.807) is 41.5 Å². The van der Waals surface area contributed by atoms with Crippen LogP contribution in [0.5, 0.6) is 0 Å². The first kappa shape index (κ1) is 16.3. The average Bonchev–Trinajstić information content (AvgIpc) is 2.09. The van der Waals surface area contributed by atoms with Crippen LogP contribution in [-0.2, 0) is 9.53 Å². The lowest BCUT2D eigenvalue weighted by molar-refractivity contribution is -0.120. The van der Waals surface area contributed by atoms with Gasteiger partial charge in [-0.25, -0.2) is 4.79 Å². The molecule has 1 amide bonds. The van der Waals surface area contributed by atoms with Gasteiger partial charge in [-0.15, -0.1) is 0 Å². The summed E-state index contributed by atoms with van der Waals surface area (Å²) < 4.78 is 5.08. The molecule has 0 unspecified atom stereocenters. The standard InChI is InChI=1S/C12H21N3O3/c1-11(2,3)9(8(16)7-14-13)15-10(17)18-12(4,5)6/h7,9H,1-6H3,(H,15,17)/t9-/m1/s1. The van der Waals surface area contributed by atoms with Gasteiger partial charge in [-0.2, -0.15) is 4.79 Å². The van der Waals surface area contributed by atoms with Crippen molar-refractivity contribution in [3.63, 3.8) is 0 Å². The molecule has 0 heterocycles. The second kappa shape index (κ2) is 5.78. The third-order valence-electron chi connectivity index (χ3n) is 2.00. The third-order valence-corrected chi connectivity index (χ3v) is 2.00. The Morgan fingerprint density at radius 3 is 2.06 bits per heavy atom. The maximum Gasteiger partial charge on any atom is 0.408 e. The summed E-state index contributed by atoms with van der Waals surface area (Å²) in [4.78, 5) is 26.0. The zero-order valence-corrected chi connectivity index (χ0v) is 11.8. The minimum atomic E-state index is -0.816. The van der Waals surface area contributed by atoms with Gasteiger partial charge in [0.1, 0.15) is 11.6 Å². The molecule has 6 heteroatoms. The molecule has 0 aromatic heterocycles. The Hall–Kier alpha value is -1.68. The predicted molar refractivity (Wildman–Crippen MR) is 67.3 cm³/mol. The zero-order chi connectivity index (χ0) is 14.6. The summed E-state index contributed by atoms with van der Waals surface area (Å²) >= 11 is 0. The molecule has 0 aliphatic rings. The van der Waals surface area contributed by atoms with Crippen LogP contribution in [0.1, 0.15) is 41.5 Å². The van der Waals surface area contributed by atoms with E-state index in [9.17, 15) is 9.59 Å². The van der Waals surface area contributed by atoms with Crippen LogP contribution in [-0.4, -0.2) is 34.5 Å². The van der Waals surface area contributed by atoms with E-state index in [0.717, 1.165) is 6.21 Å². The highest BCUT2D eigenvalue weighted by atomic mass is 16.6. The topological polar surface area (TPSA) is 91.8 Å². The Bertz CT molecular complexity index is 371. The predicted octanol–water partition coefficient (Wildman–Crippen LogP) is 1.80. The van der Waals surface area contributed by atoms with Gasteiger partial charge in [0.25, 0.3) is 5.78 Å². The number of ether oxygens (including phenoxy) is 1. The first-order valence-electron chi connectivity index (χ1n) is 5.68. The lowest BCUT2D eigenvalue weighted by Crippen LogP contribution is -2.51. The Balaban J connectivity index is 4.88. The molecule has 0 aliphatic carbocycles. The Labute approximate surface area is 107 Å². The van der Waals surface area contributed by atoms with Crippen LogP contribution in [0.4, 0.5) is 4.79 Å². The quantitative estimate of drug-likeness (QED) is 0.473. The summed E-state index contributed by atoms with van der Waals surface area (Å²) in [6, 6.07) is -0.816. The Morgan fingerprint density at radius 1 is 1.22 bits per heavy atom. The number of nitrogens with zero attached hydrogens (tertiary/aromatic N) is 2. The van der Waals surface area contributed by atoms with Gasteiger partial charge in [0, 0.05) is 0 Å². The van der Waals surface area contributed by atoms with Crippen molar-refractivity contribution in [2.24, 2.45) is 5.41 Å². The molecule has 102 valence electrons. The van der Waals surface area contributed by atoms with Crippen LogP contribution in [0.15, 0.2) is 0 Å². The van der Waals surface area contributed by atoms with Crippen LogP contribution in [0.25, 0.3) is 5.53 Å². The molecule has 0 saturated heterocycles. The number of Topliss-reactive ketones (excluding diaryl/α,β-unsaturated/α-hetero) is 1. The number of rotatable bonds is 3. The van der Waals surface area contributed by atoms with E-state index >= 15 is 0 Å². The molecule has 0 fully saturated rings. The molecular weight excluding hydrogens is 234 g/mol. The second-order valence-electron chi connectivity index (χ2n) is 6.09. The van der Waals surface area contributed by atoms with Crippen LogP contribution in [0, 0.1) is 5.41 Å². The van der Waals surface area contributed by atoms with Crippen molar-refractivity contribution in [2.75, 3.05) is 0 Å². The van der Waals surface area contributed by atoms with Crippen LogP contribution in [0.3, 0.4) is 0 Å². The number of hydrogen-bond acceptors (Lipinski definition) is 3. The van der Waals surface area contributed by atoms with E-state index < -0.39 is 28.9 Å². The normalized spacial score (nSPS) is 13.2. The molecule has 6 nitrogen and oxygen atoms in total. The number of nitrogens with one attached hydrogen (secondary N) is 1. The van der Waals surface area contributed by atoms with E-state index in [4.69, 9.17) is 10.3 Å². The molecule has 0 aromatic carbocycles. The van der Waals surface area contributed by atoms with Crippen LogP contribution < -0.4 is 5.32 Å². The number of ketones is 1. The highest BCUT2D eigenvalue weighted by Gasteiger charge is 2.34. The molecule has 1 atom stereocenters. The minimum absolute atomic E-state index is 0.490. The van der Waals surface area contributed by atoms with E-state index in [-0.39, 0.29) is 0 Å². The Kier molecular flexibility index (Phi) is 5.24. The Morgan fingerprint density at radius 2 is 1.72 bits per heavy atom. The molecular formula is C12H21N3O3. The van der Waals surface area contributed by atoms with Crippen molar-refractivity contribution in [1.29, 1.82) is 0 Å². The fraction of sp³-hybridized carbons (Fsp3) is 0.750. The summed E-state index contributed by atoms with van der Waals surface area (Å²) in [5.41, 5.74) is 7.22. The molecule has 0 spiro atoms. The molecule has 18 heavy (non-hydrogen) atoms. The largest absolute Gasteiger partial charge is 0.444 e. The number of alkyl carbamates (subject to hydrolysis) is 1. The second-order valence-corrected chi connectivity index (χ2v) is 6.09. The van der Waals surface area contributed by atoms with Gasteiger partial charge in [-0.05, 0) is 26.2 Å². The van der Waals surface area contributed by atoms with Gasteiger partial charge in [0.05, 0.1) is 0 Å². The maximum atomic E-state index is 11.7. The average molecular weight is 255 g/mol.